The Morgan fingerprint density at radius 1 is 1.29 bits per heavy atom. The van der Waals surface area contributed by atoms with Gasteiger partial charge in [0.15, 0.2) is 0 Å². The first-order valence-corrected chi connectivity index (χ1v) is 3.30. The molecule has 2 N–H and O–H groups in total. The molecule has 1 unspecified atom stereocenters. The van der Waals surface area contributed by atoms with Crippen LogP contribution >= 0.6 is 0 Å². The highest BCUT2D eigenvalue weighted by Crippen LogP contribution is 2.06. The predicted molar refractivity (Wildman–Crippen MR) is 36.9 cm³/mol. The summed E-state index contributed by atoms with van der Waals surface area (Å²) in [5.41, 5.74) is 4.48. The van der Waals surface area contributed by atoms with E-state index in [1.54, 1.807) is 0 Å². The van der Waals surface area contributed by atoms with Crippen molar-refractivity contribution in [3.05, 3.63) is 12.3 Å². The van der Waals surface area contributed by atoms with Crippen molar-refractivity contribution in [2.24, 2.45) is 5.73 Å². The van der Waals surface area contributed by atoms with Crippen LogP contribution in [0.2, 0.25) is 0 Å². The van der Waals surface area contributed by atoms with Crippen molar-refractivity contribution in [3.63, 3.8) is 0 Å². The number of primary amides is 1. The summed E-state index contributed by atoms with van der Waals surface area (Å²) in [5, 5.41) is 0. The fourth-order valence-corrected chi connectivity index (χ4v) is 0.561. The summed E-state index contributed by atoms with van der Waals surface area (Å²) in [4.78, 5) is 40.0. The largest absolute Gasteiger partial charge is 0.426 e. The van der Waals surface area contributed by atoms with Crippen molar-refractivity contribution in [1.29, 1.82) is 0 Å². The van der Waals surface area contributed by atoms with Crippen molar-refractivity contribution in [3.8, 4) is 0 Å². The second-order valence-electron chi connectivity index (χ2n) is 2.00. The third kappa shape index (κ3) is 2.75. The summed E-state index contributed by atoms with van der Waals surface area (Å²) in [6.07, 6.45) is -0.207. The summed E-state index contributed by atoms with van der Waals surface area (Å²) in [7, 11) is 0. The van der Waals surface area contributed by atoms with Crippen LogP contribution in [0.15, 0.2) is 12.3 Å². The molecule has 1 amide bonds. The van der Waals surface area contributed by atoms with Gasteiger partial charge in [-0.05, 0) is 0 Å². The van der Waals surface area contributed by atoms with E-state index < -0.39 is 24.3 Å². The zero-order valence-corrected chi connectivity index (χ0v) is 6.67. The monoisotopic (exact) mass is 203 g/mol. The van der Waals surface area contributed by atoms with E-state index in [1.165, 1.54) is 6.08 Å². The van der Waals surface area contributed by atoms with Crippen molar-refractivity contribution in [2.75, 3.05) is 0 Å². The normalized spacial score (nSPS) is 18.4. The summed E-state index contributed by atoms with van der Waals surface area (Å²) in [5.74, 6) is -2.94. The lowest BCUT2D eigenvalue weighted by atomic mass is 10.6. The molecule has 0 bridgehead atoms. The number of esters is 2. The van der Waals surface area contributed by atoms with Crippen molar-refractivity contribution in [1.82, 2.24) is 0 Å². The van der Waals surface area contributed by atoms with Crippen LogP contribution in [-0.2, 0) is 28.8 Å². The van der Waals surface area contributed by atoms with Crippen LogP contribution in [0.5, 0.6) is 0 Å². The molecule has 0 spiro atoms. The van der Waals surface area contributed by atoms with E-state index in [9.17, 15) is 14.4 Å². The van der Waals surface area contributed by atoms with Crippen LogP contribution in [-0.4, -0.2) is 24.3 Å². The van der Waals surface area contributed by atoms with Gasteiger partial charge in [0.05, 0.1) is 0 Å². The molecule has 1 heterocycles. The number of rotatable bonds is 1. The SMILES string of the molecule is NC(=O)OC(=O)C(=O)OC1C=COO1. The maximum Gasteiger partial charge on any atom is 0.426 e. The quantitative estimate of drug-likeness (QED) is 0.250. The van der Waals surface area contributed by atoms with Gasteiger partial charge < -0.3 is 20.1 Å². The van der Waals surface area contributed by atoms with Gasteiger partial charge in [0, 0.05) is 6.08 Å². The Morgan fingerprint density at radius 3 is 2.50 bits per heavy atom. The molecule has 1 atom stereocenters. The predicted octanol–water partition coefficient (Wildman–Crippen LogP) is -1.05. The van der Waals surface area contributed by atoms with E-state index in [0.29, 0.717) is 0 Å². The summed E-state index contributed by atoms with van der Waals surface area (Å²) >= 11 is 0. The zero-order valence-electron chi connectivity index (χ0n) is 6.67. The maximum atomic E-state index is 10.8. The Bertz CT molecular complexity index is 297. The molecule has 1 aliphatic heterocycles. The van der Waals surface area contributed by atoms with Gasteiger partial charge in [0.2, 0.25) is 0 Å². The minimum absolute atomic E-state index is 1.11. The highest BCUT2D eigenvalue weighted by Gasteiger charge is 2.25. The van der Waals surface area contributed by atoms with Gasteiger partial charge in [-0.2, -0.15) is 0 Å². The molecule has 0 saturated carbocycles. The average Bonchev–Trinajstić information content (AvgIpc) is 2.55. The van der Waals surface area contributed by atoms with E-state index in [-0.39, 0.29) is 0 Å². The van der Waals surface area contributed by atoms with E-state index in [1.807, 2.05) is 0 Å². The highest BCUT2D eigenvalue weighted by atomic mass is 17.2. The molecule has 14 heavy (non-hydrogen) atoms. The molecule has 8 nitrogen and oxygen atoms in total. The molecule has 0 aromatic rings. The fraction of sp³-hybridized carbons (Fsp3) is 0.167. The number of nitrogens with two attached hydrogens (primary N) is 1. The number of amides is 1. The third-order valence-electron chi connectivity index (χ3n) is 1.02. The van der Waals surface area contributed by atoms with Gasteiger partial charge in [0.25, 0.3) is 6.29 Å². The van der Waals surface area contributed by atoms with E-state index in [0.717, 1.165) is 6.26 Å². The van der Waals surface area contributed by atoms with Crippen molar-refractivity contribution < 1.29 is 33.6 Å². The van der Waals surface area contributed by atoms with Crippen molar-refractivity contribution in [2.45, 2.75) is 6.29 Å². The molecule has 76 valence electrons. The second kappa shape index (κ2) is 4.23. The summed E-state index contributed by atoms with van der Waals surface area (Å²) in [6, 6.07) is 0. The van der Waals surface area contributed by atoms with Crippen molar-refractivity contribution >= 4 is 18.0 Å². The number of ether oxygens (including phenoxy) is 2. The number of carbonyl (C=O) groups is 3. The van der Waals surface area contributed by atoms with Crippen LogP contribution in [0, 0.1) is 0 Å². The Morgan fingerprint density at radius 2 is 2.00 bits per heavy atom. The minimum atomic E-state index is -1.53. The third-order valence-corrected chi connectivity index (χ3v) is 1.02. The molecule has 0 saturated heterocycles. The lowest BCUT2D eigenvalue weighted by molar-refractivity contribution is -0.304. The maximum absolute atomic E-state index is 10.8. The first-order chi connectivity index (χ1) is 6.59. The number of hydrogen-bond donors (Lipinski definition) is 1. The standard InChI is InChI=1S/C6H5NO7/c7-6(10)13-5(9)4(8)12-3-1-2-11-14-3/h1-3H,(H2,7,10). The topological polar surface area (TPSA) is 114 Å². The Hall–Kier alpha value is -2.09. The van der Waals surface area contributed by atoms with Gasteiger partial charge in [-0.1, -0.05) is 0 Å². The van der Waals surface area contributed by atoms with Crippen LogP contribution < -0.4 is 5.73 Å². The number of hydrogen-bond acceptors (Lipinski definition) is 7. The first-order valence-electron chi connectivity index (χ1n) is 3.30. The molecule has 0 fully saturated rings. The zero-order chi connectivity index (χ0) is 10.6. The molecular weight excluding hydrogens is 198 g/mol. The molecule has 0 aromatic carbocycles. The summed E-state index contributed by atoms with van der Waals surface area (Å²) < 4.78 is 8.05. The van der Waals surface area contributed by atoms with Gasteiger partial charge in [-0.3, -0.25) is 0 Å². The smallest absolute Gasteiger partial charge is 0.419 e. The van der Waals surface area contributed by atoms with Crippen LogP contribution in [0.4, 0.5) is 4.79 Å². The van der Waals surface area contributed by atoms with Gasteiger partial charge in [-0.15, -0.1) is 4.89 Å². The first kappa shape index (κ1) is 9.99. The molecule has 1 rings (SSSR count). The van der Waals surface area contributed by atoms with Gasteiger partial charge in [-0.25, -0.2) is 14.4 Å². The molecule has 1 aliphatic rings. The fourth-order valence-electron chi connectivity index (χ4n) is 0.561. The molecule has 0 aliphatic carbocycles. The van der Waals surface area contributed by atoms with Gasteiger partial charge >= 0.3 is 18.0 Å². The molecular formula is C6H5NO7. The number of carbonyl (C=O) groups excluding carboxylic acids is 3. The molecule has 0 radical (unpaired) electrons. The lowest BCUT2D eigenvalue weighted by Gasteiger charge is -2.05. The minimum Gasteiger partial charge on any atom is -0.419 e. The lowest BCUT2D eigenvalue weighted by Crippen LogP contribution is -2.29. The Balaban J connectivity index is 2.37. The van der Waals surface area contributed by atoms with E-state index >= 15 is 0 Å². The van der Waals surface area contributed by atoms with Crippen LogP contribution in [0.25, 0.3) is 0 Å². The Labute approximate surface area is 77.1 Å². The average molecular weight is 203 g/mol. The van der Waals surface area contributed by atoms with Crippen LogP contribution in [0.3, 0.4) is 0 Å². The van der Waals surface area contributed by atoms with Gasteiger partial charge in [0.1, 0.15) is 6.26 Å². The van der Waals surface area contributed by atoms with Crippen LogP contribution in [0.1, 0.15) is 0 Å². The second-order valence-corrected chi connectivity index (χ2v) is 2.00. The highest BCUT2D eigenvalue weighted by molar-refractivity contribution is 6.31. The molecule has 8 heteroatoms. The van der Waals surface area contributed by atoms with E-state index in [2.05, 4.69) is 25.0 Å². The summed E-state index contributed by atoms with van der Waals surface area (Å²) in [6.45, 7) is 0. The molecule has 0 aromatic heterocycles. The Kier molecular flexibility index (Phi) is 3.02. The van der Waals surface area contributed by atoms with E-state index in [4.69, 9.17) is 0 Å².